The van der Waals surface area contributed by atoms with Gasteiger partial charge in [-0.05, 0) is 31.4 Å². The molecule has 0 fully saturated rings. The summed E-state index contributed by atoms with van der Waals surface area (Å²) in [4.78, 5) is 4.13. The molecule has 5 heteroatoms. The van der Waals surface area contributed by atoms with Crippen LogP contribution in [0.1, 0.15) is 18.9 Å². The third-order valence-electron chi connectivity index (χ3n) is 2.08. The minimum atomic E-state index is -0.275. The van der Waals surface area contributed by atoms with E-state index in [0.29, 0.717) is 5.65 Å². The number of pyridine rings is 1. The highest BCUT2D eigenvalue weighted by molar-refractivity contribution is 5.68. The van der Waals surface area contributed by atoms with Crippen LogP contribution in [0.3, 0.4) is 0 Å². The number of rotatable bonds is 3. The number of aromatic amines is 1. The Bertz CT molecular complexity index is 423. The highest BCUT2D eigenvalue weighted by atomic mass is 16.3. The second kappa shape index (κ2) is 3.71. The Morgan fingerprint density at radius 3 is 3.14 bits per heavy atom. The first-order valence-corrected chi connectivity index (χ1v) is 4.59. The van der Waals surface area contributed by atoms with Crippen molar-refractivity contribution in [3.63, 3.8) is 0 Å². The summed E-state index contributed by atoms with van der Waals surface area (Å²) < 4.78 is 0. The Morgan fingerprint density at radius 1 is 1.50 bits per heavy atom. The highest BCUT2D eigenvalue weighted by Gasteiger charge is 2.02. The Morgan fingerprint density at radius 2 is 2.36 bits per heavy atom. The number of aliphatic hydroxyl groups is 1. The molecular weight excluding hydrogens is 180 g/mol. The monoisotopic (exact) mass is 192 g/mol. The quantitative estimate of drug-likeness (QED) is 0.749. The average molecular weight is 192 g/mol. The molecule has 0 saturated heterocycles. The molecule has 0 saturated carbocycles. The second-order valence-corrected chi connectivity index (χ2v) is 3.40. The molecule has 5 nitrogen and oxygen atoms in total. The largest absolute Gasteiger partial charge is 0.393 e. The van der Waals surface area contributed by atoms with E-state index in [1.165, 1.54) is 0 Å². The predicted octanol–water partition coefficient (Wildman–Crippen LogP) is 0.666. The molecule has 0 radical (unpaired) electrons. The normalized spacial score (nSPS) is 13.3. The van der Waals surface area contributed by atoms with Crippen molar-refractivity contribution in [1.29, 1.82) is 0 Å². The maximum absolute atomic E-state index is 9.13. The molecule has 14 heavy (non-hydrogen) atoms. The fourth-order valence-electron chi connectivity index (χ4n) is 1.29. The van der Waals surface area contributed by atoms with Crippen LogP contribution in [0.15, 0.2) is 12.3 Å². The van der Waals surface area contributed by atoms with Crippen LogP contribution in [0.25, 0.3) is 11.2 Å². The number of aliphatic hydroxyl groups excluding tert-OH is 1. The van der Waals surface area contributed by atoms with Crippen LogP contribution in [0.2, 0.25) is 0 Å². The van der Waals surface area contributed by atoms with Crippen LogP contribution in [-0.2, 0) is 6.42 Å². The Hall–Kier alpha value is -1.49. The first kappa shape index (κ1) is 9.08. The summed E-state index contributed by atoms with van der Waals surface area (Å²) in [5, 5.41) is 19.5. The third kappa shape index (κ3) is 1.88. The van der Waals surface area contributed by atoms with Crippen molar-refractivity contribution in [2.45, 2.75) is 25.9 Å². The first-order chi connectivity index (χ1) is 6.75. The molecule has 0 aliphatic carbocycles. The number of hydrogen-bond donors (Lipinski definition) is 2. The van der Waals surface area contributed by atoms with Crippen molar-refractivity contribution in [2.75, 3.05) is 0 Å². The summed E-state index contributed by atoms with van der Waals surface area (Å²) in [6.45, 7) is 1.78. The molecule has 0 bridgehead atoms. The van der Waals surface area contributed by atoms with E-state index in [1.54, 1.807) is 13.1 Å². The fraction of sp³-hybridized carbons (Fsp3) is 0.444. The van der Waals surface area contributed by atoms with Gasteiger partial charge >= 0.3 is 0 Å². The Balaban J connectivity index is 2.17. The number of nitrogens with zero attached hydrogens (tertiary/aromatic N) is 3. The fourth-order valence-corrected chi connectivity index (χ4v) is 1.29. The van der Waals surface area contributed by atoms with E-state index < -0.39 is 0 Å². The van der Waals surface area contributed by atoms with Crippen LogP contribution in [0.4, 0.5) is 0 Å². The molecule has 2 heterocycles. The van der Waals surface area contributed by atoms with Crippen molar-refractivity contribution >= 4 is 11.2 Å². The van der Waals surface area contributed by atoms with Crippen molar-refractivity contribution in [1.82, 2.24) is 20.4 Å². The van der Waals surface area contributed by atoms with Crippen LogP contribution in [0.5, 0.6) is 0 Å². The molecule has 0 aliphatic rings. The van der Waals surface area contributed by atoms with E-state index in [-0.39, 0.29) is 6.10 Å². The van der Waals surface area contributed by atoms with Crippen molar-refractivity contribution in [3.05, 3.63) is 17.8 Å². The highest BCUT2D eigenvalue weighted by Crippen LogP contribution is 2.09. The molecule has 0 aromatic carbocycles. The van der Waals surface area contributed by atoms with Gasteiger partial charge < -0.3 is 5.11 Å². The molecule has 0 unspecified atom stereocenters. The van der Waals surface area contributed by atoms with E-state index in [1.807, 2.05) is 6.07 Å². The summed E-state index contributed by atoms with van der Waals surface area (Å²) in [5.41, 5.74) is 2.48. The number of aromatic nitrogens is 4. The van der Waals surface area contributed by atoms with Crippen LogP contribution in [-0.4, -0.2) is 31.6 Å². The van der Waals surface area contributed by atoms with Crippen molar-refractivity contribution in [3.8, 4) is 0 Å². The van der Waals surface area contributed by atoms with Gasteiger partial charge in [0.05, 0.1) is 6.10 Å². The molecule has 0 spiro atoms. The predicted molar refractivity (Wildman–Crippen MR) is 51.7 cm³/mol. The van der Waals surface area contributed by atoms with Gasteiger partial charge in [-0.25, -0.2) is 4.98 Å². The smallest absolute Gasteiger partial charge is 0.201 e. The molecule has 2 rings (SSSR count). The SMILES string of the molecule is C[C@H](O)CCc1cnc2n[nH]nc2c1. The number of nitrogens with one attached hydrogen (secondary N) is 1. The Kier molecular flexibility index (Phi) is 2.41. The van der Waals surface area contributed by atoms with Gasteiger partial charge in [0.1, 0.15) is 5.52 Å². The molecule has 0 aliphatic heterocycles. The van der Waals surface area contributed by atoms with E-state index >= 15 is 0 Å². The lowest BCUT2D eigenvalue weighted by molar-refractivity contribution is 0.185. The Labute approximate surface area is 81.2 Å². The number of fused-ring (bicyclic) bond motifs is 1. The maximum atomic E-state index is 9.13. The first-order valence-electron chi connectivity index (χ1n) is 4.59. The zero-order chi connectivity index (χ0) is 9.97. The third-order valence-corrected chi connectivity index (χ3v) is 2.08. The van der Waals surface area contributed by atoms with Gasteiger partial charge in [-0.15, -0.1) is 5.10 Å². The molecule has 2 N–H and O–H groups in total. The standard InChI is InChI=1S/C9H12N4O/c1-6(14)2-3-7-4-8-9(10-5-7)12-13-11-8/h4-6,14H,2-3H2,1H3,(H,10,11,12,13)/t6-/m0/s1. The molecule has 0 amide bonds. The van der Waals surface area contributed by atoms with Gasteiger partial charge in [0.15, 0.2) is 0 Å². The number of aryl methyl sites for hydroxylation is 1. The lowest BCUT2D eigenvalue weighted by Gasteiger charge is -2.02. The van der Waals surface area contributed by atoms with Gasteiger partial charge in [-0.3, -0.25) is 0 Å². The summed E-state index contributed by atoms with van der Waals surface area (Å²) in [7, 11) is 0. The van der Waals surface area contributed by atoms with Crippen LogP contribution < -0.4 is 0 Å². The van der Waals surface area contributed by atoms with Crippen LogP contribution >= 0.6 is 0 Å². The average Bonchev–Trinajstić information content (AvgIpc) is 2.61. The molecule has 74 valence electrons. The van der Waals surface area contributed by atoms with Gasteiger partial charge in [0.25, 0.3) is 0 Å². The van der Waals surface area contributed by atoms with Crippen LogP contribution in [0, 0.1) is 0 Å². The van der Waals surface area contributed by atoms with Crippen molar-refractivity contribution < 1.29 is 5.11 Å². The van der Waals surface area contributed by atoms with Gasteiger partial charge in [0.2, 0.25) is 5.65 Å². The molecule has 1 atom stereocenters. The molecule has 2 aromatic heterocycles. The number of H-pyrrole nitrogens is 1. The van der Waals surface area contributed by atoms with E-state index in [0.717, 1.165) is 23.9 Å². The zero-order valence-electron chi connectivity index (χ0n) is 7.94. The lowest BCUT2D eigenvalue weighted by atomic mass is 10.1. The second-order valence-electron chi connectivity index (χ2n) is 3.40. The van der Waals surface area contributed by atoms with Crippen molar-refractivity contribution in [2.24, 2.45) is 0 Å². The topological polar surface area (TPSA) is 74.7 Å². The van der Waals surface area contributed by atoms with Gasteiger partial charge in [0, 0.05) is 6.20 Å². The zero-order valence-corrected chi connectivity index (χ0v) is 7.94. The summed E-state index contributed by atoms with van der Waals surface area (Å²) in [6, 6.07) is 1.94. The molecule has 2 aromatic rings. The minimum absolute atomic E-state index is 0.275. The van der Waals surface area contributed by atoms with Gasteiger partial charge in [-0.2, -0.15) is 10.3 Å². The summed E-state index contributed by atoms with van der Waals surface area (Å²) in [5.74, 6) is 0. The lowest BCUT2D eigenvalue weighted by Crippen LogP contribution is -2.01. The van der Waals surface area contributed by atoms with E-state index in [4.69, 9.17) is 5.11 Å². The van der Waals surface area contributed by atoms with E-state index in [9.17, 15) is 0 Å². The number of hydrogen-bond acceptors (Lipinski definition) is 4. The molecular formula is C9H12N4O. The minimum Gasteiger partial charge on any atom is -0.393 e. The maximum Gasteiger partial charge on any atom is 0.201 e. The summed E-state index contributed by atoms with van der Waals surface area (Å²) in [6.07, 6.45) is 3.05. The summed E-state index contributed by atoms with van der Waals surface area (Å²) >= 11 is 0. The van der Waals surface area contributed by atoms with Gasteiger partial charge in [-0.1, -0.05) is 0 Å². The van der Waals surface area contributed by atoms with E-state index in [2.05, 4.69) is 20.4 Å².